The summed E-state index contributed by atoms with van der Waals surface area (Å²) in [6, 6.07) is 13.6. The average molecular weight is 373 g/mol. The Morgan fingerprint density at radius 1 is 1.00 bits per heavy atom. The minimum absolute atomic E-state index is 0.0213. The van der Waals surface area contributed by atoms with Gasteiger partial charge in [-0.1, -0.05) is 31.2 Å². The lowest BCUT2D eigenvalue weighted by atomic mass is 9.66. The van der Waals surface area contributed by atoms with Crippen LogP contribution in [0.15, 0.2) is 48.5 Å². The highest BCUT2D eigenvalue weighted by molar-refractivity contribution is 5.28. The molecule has 0 bridgehead atoms. The third-order valence-corrected chi connectivity index (χ3v) is 5.97. The fraction of sp³-hybridized carbons (Fsp3) is 0.478. The number of nitrogens with one attached hydrogen (secondary N) is 1. The maximum atomic E-state index is 13.5. The van der Waals surface area contributed by atoms with Crippen LogP contribution in [0.25, 0.3) is 0 Å². The fourth-order valence-electron chi connectivity index (χ4n) is 4.15. The highest BCUT2D eigenvalue weighted by Crippen LogP contribution is 2.45. The maximum absolute atomic E-state index is 13.5. The van der Waals surface area contributed by atoms with Crippen molar-refractivity contribution in [1.82, 2.24) is 5.32 Å². The Morgan fingerprint density at radius 2 is 1.63 bits per heavy atom. The molecule has 0 aromatic heterocycles. The first-order chi connectivity index (χ1) is 12.9. The van der Waals surface area contributed by atoms with Crippen molar-refractivity contribution in [2.24, 2.45) is 0 Å². The molecule has 3 rings (SSSR count). The number of rotatable bonds is 7. The van der Waals surface area contributed by atoms with Crippen LogP contribution in [0, 0.1) is 11.6 Å². The van der Waals surface area contributed by atoms with E-state index >= 15 is 0 Å². The summed E-state index contributed by atoms with van der Waals surface area (Å²) >= 11 is 0. The second-order valence-electron chi connectivity index (χ2n) is 7.92. The molecule has 0 radical (unpaired) electrons. The van der Waals surface area contributed by atoms with Crippen molar-refractivity contribution in [3.63, 3.8) is 0 Å². The van der Waals surface area contributed by atoms with Gasteiger partial charge in [-0.05, 0) is 74.5 Å². The molecule has 2 atom stereocenters. The highest BCUT2D eigenvalue weighted by atomic mass is 19.1. The van der Waals surface area contributed by atoms with Gasteiger partial charge in [0.25, 0.3) is 0 Å². The molecule has 1 N–H and O–H groups in total. The molecular formula is C23H29F2NO. The van der Waals surface area contributed by atoms with E-state index in [1.54, 1.807) is 24.3 Å². The summed E-state index contributed by atoms with van der Waals surface area (Å²) in [6.07, 6.45) is 3.78. The summed E-state index contributed by atoms with van der Waals surface area (Å²) in [7, 11) is 0. The van der Waals surface area contributed by atoms with Crippen LogP contribution in [0.5, 0.6) is 0 Å². The Kier molecular flexibility index (Phi) is 6.28. The van der Waals surface area contributed by atoms with Crippen molar-refractivity contribution in [2.75, 3.05) is 13.2 Å². The fourth-order valence-corrected chi connectivity index (χ4v) is 4.15. The molecule has 1 saturated heterocycles. The predicted octanol–water partition coefficient (Wildman–Crippen LogP) is 5.36. The molecule has 0 aliphatic carbocycles. The van der Waals surface area contributed by atoms with Gasteiger partial charge in [0.1, 0.15) is 11.6 Å². The summed E-state index contributed by atoms with van der Waals surface area (Å²) in [5.41, 5.74) is 2.09. The molecule has 1 heterocycles. The zero-order valence-electron chi connectivity index (χ0n) is 16.2. The molecule has 0 spiro atoms. The van der Waals surface area contributed by atoms with E-state index in [0.29, 0.717) is 6.54 Å². The molecule has 0 amide bonds. The largest absolute Gasteiger partial charge is 0.375 e. The molecule has 146 valence electrons. The Bertz CT molecular complexity index is 731. The van der Waals surface area contributed by atoms with Gasteiger partial charge in [-0.3, -0.25) is 0 Å². The van der Waals surface area contributed by atoms with Crippen LogP contribution in [-0.4, -0.2) is 18.8 Å². The SMILES string of the molecule is CC[C@]1(C)C[C@](CCNCc2ccc(F)cc2)(c2ccc(F)cc2)CCO1. The molecular weight excluding hydrogens is 344 g/mol. The van der Waals surface area contributed by atoms with Gasteiger partial charge >= 0.3 is 0 Å². The standard InChI is InChI=1S/C23H29F2NO/c1-3-22(2)17-23(13-15-27-22,19-6-10-21(25)11-7-19)12-14-26-16-18-4-8-20(24)9-5-18/h4-11,26H,3,12-17H2,1-2H3/t22-,23-/m1/s1. The van der Waals surface area contributed by atoms with E-state index in [4.69, 9.17) is 4.74 Å². The van der Waals surface area contributed by atoms with Crippen LogP contribution in [0.1, 0.15) is 50.7 Å². The van der Waals surface area contributed by atoms with E-state index in [-0.39, 0.29) is 22.7 Å². The van der Waals surface area contributed by atoms with Crippen LogP contribution in [0.3, 0.4) is 0 Å². The molecule has 1 aliphatic heterocycles. The van der Waals surface area contributed by atoms with E-state index in [9.17, 15) is 8.78 Å². The summed E-state index contributed by atoms with van der Waals surface area (Å²) < 4.78 is 32.6. The van der Waals surface area contributed by atoms with Crippen molar-refractivity contribution in [3.05, 3.63) is 71.3 Å². The first-order valence-electron chi connectivity index (χ1n) is 9.80. The minimum atomic E-state index is -0.213. The number of halogens is 2. The molecule has 0 saturated carbocycles. The van der Waals surface area contributed by atoms with Gasteiger partial charge in [0.2, 0.25) is 0 Å². The van der Waals surface area contributed by atoms with Crippen molar-refractivity contribution in [3.8, 4) is 0 Å². The van der Waals surface area contributed by atoms with Gasteiger partial charge in [0.05, 0.1) is 5.60 Å². The molecule has 2 aromatic rings. The van der Waals surface area contributed by atoms with Crippen LogP contribution in [0.2, 0.25) is 0 Å². The Balaban J connectivity index is 1.70. The molecule has 27 heavy (non-hydrogen) atoms. The summed E-state index contributed by atoms with van der Waals surface area (Å²) in [6.45, 7) is 6.61. The quantitative estimate of drug-likeness (QED) is 0.660. The van der Waals surface area contributed by atoms with Crippen molar-refractivity contribution in [2.45, 2.75) is 57.1 Å². The number of hydrogen-bond donors (Lipinski definition) is 1. The molecule has 0 unspecified atom stereocenters. The number of hydrogen-bond acceptors (Lipinski definition) is 2. The van der Waals surface area contributed by atoms with Crippen LogP contribution < -0.4 is 5.32 Å². The van der Waals surface area contributed by atoms with Crippen molar-refractivity contribution in [1.29, 1.82) is 0 Å². The third kappa shape index (κ3) is 4.94. The van der Waals surface area contributed by atoms with E-state index in [1.165, 1.54) is 17.7 Å². The summed E-state index contributed by atoms with van der Waals surface area (Å²) in [4.78, 5) is 0. The number of benzene rings is 2. The van der Waals surface area contributed by atoms with Crippen molar-refractivity contribution >= 4 is 0 Å². The number of ether oxygens (including phenoxy) is 1. The van der Waals surface area contributed by atoms with Crippen LogP contribution >= 0.6 is 0 Å². The normalized spacial score (nSPS) is 25.5. The first-order valence-corrected chi connectivity index (χ1v) is 9.80. The van der Waals surface area contributed by atoms with Crippen molar-refractivity contribution < 1.29 is 13.5 Å². The molecule has 2 aromatic carbocycles. The average Bonchev–Trinajstić information content (AvgIpc) is 2.67. The lowest BCUT2D eigenvalue weighted by Crippen LogP contribution is -2.46. The summed E-state index contributed by atoms with van der Waals surface area (Å²) in [5.74, 6) is -0.413. The molecule has 1 aliphatic rings. The lowest BCUT2D eigenvalue weighted by Gasteiger charge is -2.47. The van der Waals surface area contributed by atoms with E-state index in [0.717, 1.165) is 44.4 Å². The zero-order chi connectivity index (χ0) is 19.3. The molecule has 2 nitrogen and oxygen atoms in total. The molecule has 1 fully saturated rings. The Labute approximate surface area is 160 Å². The van der Waals surface area contributed by atoms with Gasteiger partial charge in [0, 0.05) is 18.6 Å². The first kappa shape index (κ1) is 20.0. The van der Waals surface area contributed by atoms with Crippen LogP contribution in [-0.2, 0) is 16.7 Å². The second kappa shape index (κ2) is 8.49. The van der Waals surface area contributed by atoms with Gasteiger partial charge in [-0.2, -0.15) is 0 Å². The monoisotopic (exact) mass is 373 g/mol. The van der Waals surface area contributed by atoms with Gasteiger partial charge < -0.3 is 10.1 Å². The lowest BCUT2D eigenvalue weighted by molar-refractivity contribution is -0.0979. The Hall–Kier alpha value is -1.78. The molecule has 4 heteroatoms. The predicted molar refractivity (Wildman–Crippen MR) is 105 cm³/mol. The van der Waals surface area contributed by atoms with E-state index < -0.39 is 0 Å². The third-order valence-electron chi connectivity index (χ3n) is 5.97. The van der Waals surface area contributed by atoms with Gasteiger partial charge in [-0.25, -0.2) is 8.78 Å². The second-order valence-corrected chi connectivity index (χ2v) is 7.92. The van der Waals surface area contributed by atoms with Gasteiger partial charge in [-0.15, -0.1) is 0 Å². The Morgan fingerprint density at radius 3 is 2.26 bits per heavy atom. The highest BCUT2D eigenvalue weighted by Gasteiger charge is 2.43. The topological polar surface area (TPSA) is 21.3 Å². The van der Waals surface area contributed by atoms with Crippen LogP contribution in [0.4, 0.5) is 8.78 Å². The van der Waals surface area contributed by atoms with Gasteiger partial charge in [0.15, 0.2) is 0 Å². The van der Waals surface area contributed by atoms with E-state index in [2.05, 4.69) is 19.2 Å². The maximum Gasteiger partial charge on any atom is 0.123 e. The zero-order valence-corrected chi connectivity index (χ0v) is 16.2. The van der Waals surface area contributed by atoms with E-state index in [1.807, 2.05) is 12.1 Å². The summed E-state index contributed by atoms with van der Waals surface area (Å²) in [5, 5.41) is 3.48. The smallest absolute Gasteiger partial charge is 0.123 e. The minimum Gasteiger partial charge on any atom is -0.375 e.